The minimum atomic E-state index is -0.382. The lowest BCUT2D eigenvalue weighted by Crippen LogP contribution is -2.40. The maximum Gasteiger partial charge on any atom is 0.267 e. The summed E-state index contributed by atoms with van der Waals surface area (Å²) in [5, 5.41) is 1.67. The molecular formula is C28H28FN3OS. The average Bonchev–Trinajstić information content (AvgIpc) is 3.30. The molecule has 2 aliphatic rings. The van der Waals surface area contributed by atoms with Crippen molar-refractivity contribution >= 4 is 45.5 Å². The van der Waals surface area contributed by atoms with E-state index in [0.717, 1.165) is 47.8 Å². The zero-order valence-corrected chi connectivity index (χ0v) is 20.2. The number of benzene rings is 2. The molecule has 0 bridgehead atoms. The van der Waals surface area contributed by atoms with Gasteiger partial charge in [-0.3, -0.25) is 9.69 Å². The lowest BCUT2D eigenvalue weighted by molar-refractivity contribution is -0.124. The number of halogens is 1. The van der Waals surface area contributed by atoms with Gasteiger partial charge in [0.2, 0.25) is 0 Å². The summed E-state index contributed by atoms with van der Waals surface area (Å²) in [7, 11) is 0. The first kappa shape index (κ1) is 22.7. The fourth-order valence-electron chi connectivity index (χ4n) is 5.01. The first-order chi connectivity index (χ1) is 16.6. The molecule has 2 aromatic carbocycles. The van der Waals surface area contributed by atoms with Gasteiger partial charge >= 0.3 is 0 Å². The quantitative estimate of drug-likeness (QED) is 0.290. The summed E-state index contributed by atoms with van der Waals surface area (Å²) < 4.78 is 16.6. The number of aromatic nitrogens is 1. The number of allylic oxidation sites excluding steroid dienone is 1. The van der Waals surface area contributed by atoms with Crippen LogP contribution in [0.3, 0.4) is 0 Å². The van der Waals surface area contributed by atoms with E-state index in [0.29, 0.717) is 16.6 Å². The standard InChI is InChI=1S/C28H28FN3OS/c1-3-17-31-19(2)22(21-13-7-10-16-25(21)31)18-26-27(33)32(20-11-5-4-6-12-20)28(34-26)30-24-15-9-8-14-23(24)29/h3,7-10,13-16,18,20H,1,4-6,11-12,17H2,2H3/b26-18-,30-28?. The molecule has 174 valence electrons. The fourth-order valence-corrected chi connectivity index (χ4v) is 6.04. The van der Waals surface area contributed by atoms with Gasteiger partial charge < -0.3 is 4.57 Å². The third-order valence-electron chi connectivity index (χ3n) is 6.71. The molecule has 0 N–H and O–H groups in total. The molecule has 34 heavy (non-hydrogen) atoms. The van der Waals surface area contributed by atoms with Crippen LogP contribution in [-0.2, 0) is 11.3 Å². The number of thioether (sulfide) groups is 1. The Labute approximate surface area is 203 Å². The smallest absolute Gasteiger partial charge is 0.267 e. The number of carbonyl (C=O) groups is 1. The van der Waals surface area contributed by atoms with Gasteiger partial charge in [-0.25, -0.2) is 9.38 Å². The van der Waals surface area contributed by atoms with Crippen molar-refractivity contribution in [3.05, 3.63) is 83.2 Å². The molecular weight excluding hydrogens is 445 g/mol. The van der Waals surface area contributed by atoms with Crippen molar-refractivity contribution in [3.8, 4) is 0 Å². The predicted octanol–water partition coefficient (Wildman–Crippen LogP) is 7.21. The molecule has 1 amide bonds. The van der Waals surface area contributed by atoms with E-state index in [4.69, 9.17) is 0 Å². The first-order valence-electron chi connectivity index (χ1n) is 11.8. The van der Waals surface area contributed by atoms with E-state index in [-0.39, 0.29) is 23.5 Å². The molecule has 3 aromatic rings. The predicted molar refractivity (Wildman–Crippen MR) is 140 cm³/mol. The van der Waals surface area contributed by atoms with Gasteiger partial charge in [0.15, 0.2) is 5.17 Å². The number of rotatable bonds is 5. The normalized spacial score (nSPS) is 19.6. The molecule has 1 saturated carbocycles. The average molecular weight is 474 g/mol. The highest BCUT2D eigenvalue weighted by Gasteiger charge is 2.39. The molecule has 2 fully saturated rings. The summed E-state index contributed by atoms with van der Waals surface area (Å²) in [5.74, 6) is -0.417. The molecule has 5 rings (SSSR count). The largest absolute Gasteiger partial charge is 0.340 e. The number of para-hydroxylation sites is 2. The number of hydrogen-bond acceptors (Lipinski definition) is 3. The van der Waals surface area contributed by atoms with E-state index in [1.165, 1.54) is 24.2 Å². The van der Waals surface area contributed by atoms with Crippen molar-refractivity contribution < 1.29 is 9.18 Å². The molecule has 0 unspecified atom stereocenters. The Bertz CT molecular complexity index is 1320. The van der Waals surface area contributed by atoms with E-state index < -0.39 is 0 Å². The molecule has 0 spiro atoms. The summed E-state index contributed by atoms with van der Waals surface area (Å²) in [6, 6.07) is 14.8. The summed E-state index contributed by atoms with van der Waals surface area (Å²) in [6.45, 7) is 6.68. The highest BCUT2D eigenvalue weighted by Crippen LogP contribution is 2.40. The minimum absolute atomic E-state index is 0.0352. The van der Waals surface area contributed by atoms with Crippen LogP contribution in [0.4, 0.5) is 10.1 Å². The highest BCUT2D eigenvalue weighted by atomic mass is 32.2. The van der Waals surface area contributed by atoms with Crippen molar-refractivity contribution in [1.82, 2.24) is 9.47 Å². The maximum absolute atomic E-state index is 14.4. The van der Waals surface area contributed by atoms with Crippen LogP contribution in [0.2, 0.25) is 0 Å². The number of aliphatic imine (C=N–C) groups is 1. The summed E-state index contributed by atoms with van der Waals surface area (Å²) in [6.07, 6.45) is 9.16. The molecule has 1 aliphatic carbocycles. The second-order valence-corrected chi connectivity index (χ2v) is 9.85. The third-order valence-corrected chi connectivity index (χ3v) is 7.70. The number of nitrogens with zero attached hydrogens (tertiary/aromatic N) is 3. The Balaban J connectivity index is 1.61. The Kier molecular flexibility index (Phi) is 6.42. The van der Waals surface area contributed by atoms with Crippen LogP contribution >= 0.6 is 11.8 Å². The number of amidine groups is 1. The van der Waals surface area contributed by atoms with Gasteiger partial charge in [-0.15, -0.1) is 6.58 Å². The van der Waals surface area contributed by atoms with E-state index >= 15 is 0 Å². The van der Waals surface area contributed by atoms with Crippen molar-refractivity contribution in [2.75, 3.05) is 0 Å². The molecule has 1 saturated heterocycles. The van der Waals surface area contributed by atoms with E-state index in [1.807, 2.05) is 29.2 Å². The number of carbonyl (C=O) groups excluding carboxylic acids is 1. The number of fused-ring (bicyclic) bond motifs is 1. The van der Waals surface area contributed by atoms with Crippen molar-refractivity contribution in [3.63, 3.8) is 0 Å². The van der Waals surface area contributed by atoms with E-state index in [9.17, 15) is 9.18 Å². The van der Waals surface area contributed by atoms with Gasteiger partial charge in [0.1, 0.15) is 11.5 Å². The zero-order chi connectivity index (χ0) is 23.7. The lowest BCUT2D eigenvalue weighted by atomic mass is 9.94. The number of hydrogen-bond donors (Lipinski definition) is 0. The van der Waals surface area contributed by atoms with Gasteiger partial charge in [0, 0.05) is 34.7 Å². The molecule has 2 heterocycles. The Morgan fingerprint density at radius 1 is 1.12 bits per heavy atom. The third kappa shape index (κ3) is 4.11. The van der Waals surface area contributed by atoms with Crippen LogP contribution < -0.4 is 0 Å². The molecule has 6 heteroatoms. The topological polar surface area (TPSA) is 37.6 Å². The van der Waals surface area contributed by atoms with Crippen molar-refractivity contribution in [1.29, 1.82) is 0 Å². The van der Waals surface area contributed by atoms with Gasteiger partial charge in [-0.2, -0.15) is 0 Å². The summed E-state index contributed by atoms with van der Waals surface area (Å²) in [4.78, 5) is 20.8. The monoisotopic (exact) mass is 473 g/mol. The van der Waals surface area contributed by atoms with Gasteiger partial charge in [-0.1, -0.05) is 55.7 Å². The second kappa shape index (κ2) is 9.63. The van der Waals surface area contributed by atoms with Crippen LogP contribution in [0.5, 0.6) is 0 Å². The van der Waals surface area contributed by atoms with Crippen LogP contribution in [0.1, 0.15) is 43.4 Å². The molecule has 1 aliphatic heterocycles. The zero-order valence-electron chi connectivity index (χ0n) is 19.3. The Morgan fingerprint density at radius 3 is 2.62 bits per heavy atom. The molecule has 4 nitrogen and oxygen atoms in total. The van der Waals surface area contributed by atoms with Crippen molar-refractivity contribution in [2.24, 2.45) is 4.99 Å². The molecule has 1 aromatic heterocycles. The fraction of sp³-hybridized carbons (Fsp3) is 0.286. The van der Waals surface area contributed by atoms with Gasteiger partial charge in [0.25, 0.3) is 5.91 Å². The van der Waals surface area contributed by atoms with Crippen LogP contribution in [0.25, 0.3) is 17.0 Å². The molecule has 0 atom stereocenters. The van der Waals surface area contributed by atoms with Gasteiger partial charge in [-0.05, 0) is 55.8 Å². The summed E-state index contributed by atoms with van der Waals surface area (Å²) in [5.41, 5.74) is 3.50. The summed E-state index contributed by atoms with van der Waals surface area (Å²) >= 11 is 1.35. The Morgan fingerprint density at radius 2 is 1.85 bits per heavy atom. The van der Waals surface area contributed by atoms with Crippen LogP contribution in [0, 0.1) is 12.7 Å². The SMILES string of the molecule is C=CCn1c(C)c(/C=C2\SC(=Nc3ccccc3F)N(C3CCCCC3)C2=O)c2ccccc21. The Hall–Kier alpha value is -3.12. The van der Waals surface area contributed by atoms with Crippen LogP contribution in [-0.4, -0.2) is 26.6 Å². The maximum atomic E-state index is 14.4. The minimum Gasteiger partial charge on any atom is -0.340 e. The van der Waals surface area contributed by atoms with E-state index in [2.05, 4.69) is 35.2 Å². The number of amides is 1. The van der Waals surface area contributed by atoms with Gasteiger partial charge in [0.05, 0.1) is 4.91 Å². The van der Waals surface area contributed by atoms with E-state index in [1.54, 1.807) is 18.2 Å². The highest BCUT2D eigenvalue weighted by molar-refractivity contribution is 8.18. The van der Waals surface area contributed by atoms with Crippen LogP contribution in [0.15, 0.2) is 71.1 Å². The van der Waals surface area contributed by atoms with Crippen molar-refractivity contribution in [2.45, 2.75) is 51.6 Å². The lowest BCUT2D eigenvalue weighted by Gasteiger charge is -2.30. The molecule has 0 radical (unpaired) electrons. The first-order valence-corrected chi connectivity index (χ1v) is 12.6. The second-order valence-electron chi connectivity index (χ2n) is 8.84.